The van der Waals surface area contributed by atoms with Crippen LogP contribution in [0.5, 0.6) is 17.2 Å². The van der Waals surface area contributed by atoms with Gasteiger partial charge in [0.05, 0.1) is 17.0 Å². The van der Waals surface area contributed by atoms with Crippen LogP contribution in [-0.4, -0.2) is 27.0 Å². The molecule has 2 aromatic carbocycles. The van der Waals surface area contributed by atoms with Crippen LogP contribution in [0.15, 0.2) is 48.7 Å². The highest BCUT2D eigenvalue weighted by Crippen LogP contribution is 2.63. The fourth-order valence-electron chi connectivity index (χ4n) is 5.01. The van der Waals surface area contributed by atoms with Gasteiger partial charge in [-0.25, -0.2) is 9.97 Å². The number of anilines is 1. The molecule has 7 rings (SSSR count). The number of rotatable bonds is 3. The van der Waals surface area contributed by atoms with Crippen molar-refractivity contribution in [2.75, 3.05) is 5.32 Å². The van der Waals surface area contributed by atoms with E-state index in [4.69, 9.17) is 14.5 Å². The molecular formula is C25H20N4O3. The van der Waals surface area contributed by atoms with E-state index >= 15 is 0 Å². The summed E-state index contributed by atoms with van der Waals surface area (Å²) in [5, 5.41) is 2.82. The summed E-state index contributed by atoms with van der Waals surface area (Å²) in [6.07, 6.45) is 2.84. The molecule has 3 atom stereocenters. The summed E-state index contributed by atoms with van der Waals surface area (Å²) in [7, 11) is 0. The summed E-state index contributed by atoms with van der Waals surface area (Å²) in [6.45, 7) is 2.08. The van der Waals surface area contributed by atoms with Crippen molar-refractivity contribution in [3.63, 3.8) is 0 Å². The minimum absolute atomic E-state index is 0.0107. The summed E-state index contributed by atoms with van der Waals surface area (Å²) in [4.78, 5) is 24.2. The first-order valence-electron chi connectivity index (χ1n) is 10.9. The summed E-state index contributed by atoms with van der Waals surface area (Å²) in [5.74, 6) is 4.47. The Morgan fingerprint density at radius 1 is 1.09 bits per heavy atom. The van der Waals surface area contributed by atoms with E-state index in [1.54, 1.807) is 6.20 Å². The highest BCUT2D eigenvalue weighted by atomic mass is 16.5. The van der Waals surface area contributed by atoms with Crippen LogP contribution in [0.4, 0.5) is 5.82 Å². The average molecular weight is 424 g/mol. The number of H-pyrrole nitrogens is 1. The zero-order chi connectivity index (χ0) is 21.4. The second-order valence-electron chi connectivity index (χ2n) is 8.76. The van der Waals surface area contributed by atoms with Gasteiger partial charge in [0.15, 0.2) is 0 Å². The molecule has 32 heavy (non-hydrogen) atoms. The minimum atomic E-state index is -0.0107. The average Bonchev–Trinajstić information content (AvgIpc) is 3.14. The van der Waals surface area contributed by atoms with Gasteiger partial charge in [0.2, 0.25) is 5.91 Å². The van der Waals surface area contributed by atoms with Gasteiger partial charge in [-0.05, 0) is 55.3 Å². The highest BCUT2D eigenvalue weighted by molar-refractivity contribution is 5.93. The molecule has 0 bridgehead atoms. The molecule has 0 saturated heterocycles. The van der Waals surface area contributed by atoms with Gasteiger partial charge in [-0.15, -0.1) is 0 Å². The van der Waals surface area contributed by atoms with Gasteiger partial charge in [0.25, 0.3) is 0 Å². The second kappa shape index (κ2) is 6.32. The van der Waals surface area contributed by atoms with Crippen LogP contribution in [0.25, 0.3) is 11.0 Å². The van der Waals surface area contributed by atoms with Crippen molar-refractivity contribution in [3.05, 3.63) is 71.2 Å². The van der Waals surface area contributed by atoms with Crippen molar-refractivity contribution in [2.24, 2.45) is 0 Å². The van der Waals surface area contributed by atoms with Gasteiger partial charge in [-0.1, -0.05) is 6.07 Å². The molecule has 1 fully saturated rings. The number of nitrogens with one attached hydrogen (secondary N) is 2. The van der Waals surface area contributed by atoms with E-state index in [1.807, 2.05) is 18.2 Å². The molecule has 2 aliphatic heterocycles. The van der Waals surface area contributed by atoms with Gasteiger partial charge in [-0.2, -0.15) is 0 Å². The fraction of sp³-hybridized carbons (Fsp3) is 0.240. The van der Waals surface area contributed by atoms with E-state index in [0.717, 1.165) is 45.2 Å². The maximum Gasteiger partial charge on any atom is 0.225 e. The van der Waals surface area contributed by atoms with E-state index < -0.39 is 0 Å². The number of benzene rings is 2. The van der Waals surface area contributed by atoms with Crippen molar-refractivity contribution in [1.82, 2.24) is 15.0 Å². The first kappa shape index (κ1) is 17.8. The third kappa shape index (κ3) is 2.64. The number of aryl methyl sites for hydroxylation is 1. The number of aromatic nitrogens is 3. The molecule has 1 unspecified atom stereocenters. The van der Waals surface area contributed by atoms with E-state index in [2.05, 4.69) is 46.5 Å². The van der Waals surface area contributed by atoms with Gasteiger partial charge in [-0.3, -0.25) is 4.79 Å². The minimum Gasteiger partial charge on any atom is -0.489 e. The predicted molar refractivity (Wildman–Crippen MR) is 118 cm³/mol. The van der Waals surface area contributed by atoms with E-state index in [-0.39, 0.29) is 23.8 Å². The SMILES string of the molecule is Cc1ccc2nc(C3[C@H]4Oc5ccc(Oc6ccnc7c6CCC(=O)N7)cc5[C@@H]34)[nH]c2c1. The zero-order valence-corrected chi connectivity index (χ0v) is 17.4. The number of ether oxygens (including phenoxy) is 2. The Balaban J connectivity index is 1.18. The Bertz CT molecular complexity index is 1430. The van der Waals surface area contributed by atoms with E-state index in [9.17, 15) is 4.79 Å². The van der Waals surface area contributed by atoms with Crippen molar-refractivity contribution >= 4 is 22.8 Å². The number of hydrogen-bond acceptors (Lipinski definition) is 5. The summed E-state index contributed by atoms with van der Waals surface area (Å²) < 4.78 is 12.4. The molecule has 2 N–H and O–H groups in total. The molecule has 1 saturated carbocycles. The van der Waals surface area contributed by atoms with Crippen LogP contribution in [0.3, 0.4) is 0 Å². The first-order valence-corrected chi connectivity index (χ1v) is 10.9. The Morgan fingerprint density at radius 2 is 2.03 bits per heavy atom. The monoisotopic (exact) mass is 424 g/mol. The Labute approximate surface area is 183 Å². The first-order chi connectivity index (χ1) is 15.6. The normalized spacial score (nSPS) is 22.5. The summed E-state index contributed by atoms with van der Waals surface area (Å²) in [6, 6.07) is 14.1. The molecule has 7 nitrogen and oxygen atoms in total. The molecule has 1 aliphatic carbocycles. The number of carbonyl (C=O) groups excluding carboxylic acids is 1. The number of hydrogen-bond donors (Lipinski definition) is 2. The van der Waals surface area contributed by atoms with E-state index in [0.29, 0.717) is 18.7 Å². The van der Waals surface area contributed by atoms with E-state index in [1.165, 1.54) is 5.56 Å². The van der Waals surface area contributed by atoms with Gasteiger partial charge in [0, 0.05) is 29.7 Å². The predicted octanol–water partition coefficient (Wildman–Crippen LogP) is 4.59. The molecule has 4 heterocycles. The number of carbonyl (C=O) groups is 1. The number of nitrogens with zero attached hydrogens (tertiary/aromatic N) is 2. The van der Waals surface area contributed by atoms with Crippen LogP contribution in [0, 0.1) is 6.92 Å². The van der Waals surface area contributed by atoms with Gasteiger partial charge in [0.1, 0.15) is 35.0 Å². The second-order valence-corrected chi connectivity index (χ2v) is 8.76. The van der Waals surface area contributed by atoms with Crippen molar-refractivity contribution in [2.45, 2.75) is 37.7 Å². The topological polar surface area (TPSA) is 89.1 Å². The van der Waals surface area contributed by atoms with Crippen LogP contribution in [0.2, 0.25) is 0 Å². The molecule has 7 heteroatoms. The lowest BCUT2D eigenvalue weighted by molar-refractivity contribution is -0.116. The van der Waals surface area contributed by atoms with Crippen LogP contribution < -0.4 is 14.8 Å². The third-order valence-electron chi connectivity index (χ3n) is 6.63. The molecule has 4 aromatic rings. The van der Waals surface area contributed by atoms with Crippen LogP contribution >= 0.6 is 0 Å². The number of pyridine rings is 1. The Morgan fingerprint density at radius 3 is 2.97 bits per heavy atom. The quantitative estimate of drug-likeness (QED) is 0.502. The lowest BCUT2D eigenvalue weighted by Gasteiger charge is -2.19. The Hall–Kier alpha value is -3.87. The maximum absolute atomic E-state index is 11.7. The fourth-order valence-corrected chi connectivity index (χ4v) is 5.01. The summed E-state index contributed by atoms with van der Waals surface area (Å²) >= 11 is 0. The highest BCUT2D eigenvalue weighted by Gasteiger charge is 2.61. The molecule has 3 aliphatic rings. The number of fused-ring (bicyclic) bond motifs is 5. The maximum atomic E-state index is 11.7. The summed E-state index contributed by atoms with van der Waals surface area (Å²) in [5.41, 5.74) is 5.36. The number of imidazole rings is 1. The lowest BCUT2D eigenvalue weighted by Crippen LogP contribution is -2.20. The number of amides is 1. The smallest absolute Gasteiger partial charge is 0.225 e. The van der Waals surface area contributed by atoms with Gasteiger partial charge < -0.3 is 19.8 Å². The third-order valence-corrected chi connectivity index (χ3v) is 6.63. The molecule has 2 aromatic heterocycles. The standard InChI is InChI=1S/C25H20N4O3/c1-12-2-5-16-17(10-12)28-25(27-16)22-21-15-11-13(3-6-18(15)32-23(21)22)31-19-8-9-26-24-14(19)4-7-20(30)29-24/h2-3,5-6,8-11,21-23H,4,7H2,1H3,(H,27,28)(H,26,29,30)/t21-,22?,23-/m0/s1. The van der Waals surface area contributed by atoms with Crippen LogP contribution in [0.1, 0.15) is 40.8 Å². The van der Waals surface area contributed by atoms with Crippen molar-refractivity contribution in [3.8, 4) is 17.2 Å². The molecule has 0 spiro atoms. The Kier molecular flexibility index (Phi) is 3.51. The molecule has 158 valence electrons. The largest absolute Gasteiger partial charge is 0.489 e. The molecular weight excluding hydrogens is 404 g/mol. The molecule has 1 amide bonds. The zero-order valence-electron chi connectivity index (χ0n) is 17.4. The lowest BCUT2D eigenvalue weighted by atomic mass is 10.1. The van der Waals surface area contributed by atoms with Crippen LogP contribution in [-0.2, 0) is 11.2 Å². The van der Waals surface area contributed by atoms with Gasteiger partial charge >= 0.3 is 0 Å². The van der Waals surface area contributed by atoms with Crippen molar-refractivity contribution in [1.29, 1.82) is 0 Å². The number of aromatic amines is 1. The molecule has 0 radical (unpaired) electrons. The van der Waals surface area contributed by atoms with Crippen molar-refractivity contribution < 1.29 is 14.3 Å².